The molecule has 6 nitrogen and oxygen atoms in total. The Morgan fingerprint density at radius 2 is 1.39 bits per heavy atom. The summed E-state index contributed by atoms with van der Waals surface area (Å²) in [7, 11) is 1.51. The summed E-state index contributed by atoms with van der Waals surface area (Å²) >= 11 is 0. The fourth-order valence-corrected chi connectivity index (χ4v) is 3.20. The molecule has 0 spiro atoms. The van der Waals surface area contributed by atoms with Crippen LogP contribution in [0.5, 0.6) is 17.2 Å². The van der Waals surface area contributed by atoms with Crippen molar-refractivity contribution in [3.05, 3.63) is 90.8 Å². The molecular weight excluding hydrogens is 463 g/mol. The summed E-state index contributed by atoms with van der Waals surface area (Å²) in [6.07, 6.45) is 0. The Hall–Kier alpha value is -4.39. The first-order valence-electron chi connectivity index (χ1n) is 11.1. The highest BCUT2D eigenvalue weighted by Crippen LogP contribution is 2.34. The molecule has 36 heavy (non-hydrogen) atoms. The van der Waals surface area contributed by atoms with Crippen LogP contribution in [0.4, 0.5) is 4.39 Å². The first-order chi connectivity index (χ1) is 17.2. The Kier molecular flexibility index (Phi) is 8.62. The van der Waals surface area contributed by atoms with Crippen molar-refractivity contribution in [1.29, 1.82) is 0 Å². The number of methoxy groups -OCH3 is 1. The van der Waals surface area contributed by atoms with Gasteiger partial charge in [0.05, 0.1) is 7.11 Å². The van der Waals surface area contributed by atoms with Crippen LogP contribution in [0.2, 0.25) is 0 Å². The van der Waals surface area contributed by atoms with Crippen molar-refractivity contribution in [3.8, 4) is 39.5 Å². The Morgan fingerprint density at radius 1 is 0.778 bits per heavy atom. The number of carbonyl (C=O) groups excluding carboxylic acids is 2. The summed E-state index contributed by atoms with van der Waals surface area (Å²) in [5.41, 5.74) is 3.05. The van der Waals surface area contributed by atoms with Crippen LogP contribution in [0, 0.1) is 5.82 Å². The molecule has 0 amide bonds. The third kappa shape index (κ3) is 6.60. The van der Waals surface area contributed by atoms with Crippen molar-refractivity contribution in [3.63, 3.8) is 0 Å². The number of rotatable bonds is 10. The van der Waals surface area contributed by atoms with Gasteiger partial charge in [0.1, 0.15) is 24.8 Å². The number of hydrogen-bond acceptors (Lipinski definition) is 6. The van der Waals surface area contributed by atoms with Crippen molar-refractivity contribution >= 4 is 11.9 Å². The Labute approximate surface area is 209 Å². The molecule has 0 aliphatic carbocycles. The maximum absolute atomic E-state index is 15.0. The topological polar surface area (TPSA) is 71.1 Å². The van der Waals surface area contributed by atoms with Crippen molar-refractivity contribution < 1.29 is 32.9 Å². The maximum atomic E-state index is 15.0. The van der Waals surface area contributed by atoms with Crippen molar-refractivity contribution in [2.75, 3.05) is 20.3 Å². The van der Waals surface area contributed by atoms with E-state index in [4.69, 9.17) is 18.9 Å². The highest BCUT2D eigenvalue weighted by Gasteiger charge is 2.12. The predicted octanol–water partition coefficient (Wildman–Crippen LogP) is 6.15. The van der Waals surface area contributed by atoms with E-state index in [0.717, 1.165) is 5.56 Å². The minimum atomic E-state index is -0.517. The smallest absolute Gasteiger partial charge is 0.338 e. The predicted molar refractivity (Wildman–Crippen MR) is 136 cm³/mol. The van der Waals surface area contributed by atoms with Crippen molar-refractivity contribution in [1.82, 2.24) is 0 Å². The first kappa shape index (κ1) is 26.2. The summed E-state index contributed by atoms with van der Waals surface area (Å²) < 4.78 is 36.3. The molecule has 0 aliphatic heterocycles. The molecule has 0 heterocycles. The van der Waals surface area contributed by atoms with E-state index in [2.05, 4.69) is 13.2 Å². The fourth-order valence-electron chi connectivity index (χ4n) is 3.20. The largest absolute Gasteiger partial charge is 0.493 e. The molecule has 0 unspecified atom stereocenters. The monoisotopic (exact) mass is 490 g/mol. The van der Waals surface area contributed by atoms with Gasteiger partial charge in [0.25, 0.3) is 0 Å². The van der Waals surface area contributed by atoms with Crippen LogP contribution in [0.3, 0.4) is 0 Å². The summed E-state index contributed by atoms with van der Waals surface area (Å²) in [5.74, 6) is -0.116. The minimum Gasteiger partial charge on any atom is -0.493 e. The number of carbonyl (C=O) groups is 2. The van der Waals surface area contributed by atoms with Gasteiger partial charge in [-0.15, -0.1) is 0 Å². The molecule has 0 aromatic heterocycles. The van der Waals surface area contributed by atoms with Gasteiger partial charge in [-0.05, 0) is 60.9 Å². The van der Waals surface area contributed by atoms with Crippen LogP contribution < -0.4 is 14.2 Å². The van der Waals surface area contributed by atoms with Crippen molar-refractivity contribution in [2.45, 2.75) is 13.8 Å². The quantitative estimate of drug-likeness (QED) is 0.147. The molecule has 0 bridgehead atoms. The minimum absolute atomic E-state index is 0.0700. The van der Waals surface area contributed by atoms with Gasteiger partial charge in [-0.25, -0.2) is 14.0 Å². The number of hydrogen-bond donors (Lipinski definition) is 0. The number of ether oxygens (including phenoxy) is 4. The van der Waals surface area contributed by atoms with Crippen molar-refractivity contribution in [2.24, 2.45) is 0 Å². The zero-order valence-corrected chi connectivity index (χ0v) is 20.4. The van der Waals surface area contributed by atoms with Gasteiger partial charge >= 0.3 is 11.9 Å². The van der Waals surface area contributed by atoms with Gasteiger partial charge in [-0.1, -0.05) is 43.5 Å². The zero-order valence-electron chi connectivity index (χ0n) is 20.4. The third-order valence-corrected chi connectivity index (χ3v) is 5.11. The van der Waals surface area contributed by atoms with Gasteiger partial charge in [-0.3, -0.25) is 0 Å². The Bertz CT molecular complexity index is 1290. The third-order valence-electron chi connectivity index (χ3n) is 5.11. The van der Waals surface area contributed by atoms with Crippen LogP contribution >= 0.6 is 0 Å². The molecule has 3 aromatic carbocycles. The average Bonchev–Trinajstić information content (AvgIpc) is 2.86. The lowest BCUT2D eigenvalue weighted by atomic mass is 9.99. The molecule has 186 valence electrons. The maximum Gasteiger partial charge on any atom is 0.338 e. The highest BCUT2D eigenvalue weighted by molar-refractivity contribution is 5.89. The molecule has 0 saturated carbocycles. The second-order valence-corrected chi connectivity index (χ2v) is 8.02. The van der Waals surface area contributed by atoms with Crippen LogP contribution in [0.25, 0.3) is 22.3 Å². The van der Waals surface area contributed by atoms with E-state index in [9.17, 15) is 9.59 Å². The Balaban J connectivity index is 1.72. The standard InChI is InChI=1S/C29H27FO6/c1-18(2)28(31)35-15-14-34-26-13-9-22(17-27(26)33-5)21-8-12-24(25(30)16-21)20-6-10-23(11-7-20)36-29(32)19(3)4/h6-13,16-17H,1,3,14-15H2,2,4-5H3. The normalized spacial score (nSPS) is 10.3. The molecule has 0 atom stereocenters. The number of esters is 2. The zero-order chi connectivity index (χ0) is 26.2. The second kappa shape index (κ2) is 11.8. The first-order valence-corrected chi connectivity index (χ1v) is 11.1. The van der Waals surface area contributed by atoms with E-state index < -0.39 is 17.8 Å². The lowest BCUT2D eigenvalue weighted by molar-refractivity contribution is -0.139. The summed E-state index contributed by atoms with van der Waals surface area (Å²) in [4.78, 5) is 23.1. The van der Waals surface area contributed by atoms with E-state index in [1.165, 1.54) is 13.2 Å². The van der Waals surface area contributed by atoms with E-state index >= 15 is 4.39 Å². The number of halogens is 1. The average molecular weight is 491 g/mol. The lowest BCUT2D eigenvalue weighted by Gasteiger charge is -2.13. The molecule has 7 heteroatoms. The molecule has 3 rings (SSSR count). The van der Waals surface area contributed by atoms with E-state index in [1.807, 2.05) is 0 Å². The summed E-state index contributed by atoms with van der Waals surface area (Å²) in [5, 5.41) is 0. The summed E-state index contributed by atoms with van der Waals surface area (Å²) in [6, 6.07) is 16.8. The van der Waals surface area contributed by atoms with E-state index in [1.54, 1.807) is 68.4 Å². The molecule has 0 radical (unpaired) electrons. The molecular formula is C29H27FO6. The van der Waals surface area contributed by atoms with Gasteiger partial charge < -0.3 is 18.9 Å². The molecule has 0 saturated heterocycles. The van der Waals surface area contributed by atoms with Gasteiger partial charge in [0, 0.05) is 16.7 Å². The van der Waals surface area contributed by atoms with Crippen LogP contribution in [0.15, 0.2) is 85.0 Å². The van der Waals surface area contributed by atoms with E-state index in [-0.39, 0.29) is 13.2 Å². The van der Waals surface area contributed by atoms with E-state index in [0.29, 0.717) is 45.1 Å². The molecule has 3 aromatic rings. The summed E-state index contributed by atoms with van der Waals surface area (Å²) in [6.45, 7) is 10.4. The molecule has 0 fully saturated rings. The van der Waals surface area contributed by atoms with Crippen LogP contribution in [0.1, 0.15) is 13.8 Å². The molecule has 0 N–H and O–H groups in total. The Morgan fingerprint density at radius 3 is 2.00 bits per heavy atom. The SMILES string of the molecule is C=C(C)C(=O)OCCOc1ccc(-c2ccc(-c3ccc(OC(=O)C(=C)C)cc3)c(F)c2)cc1OC. The highest BCUT2D eigenvalue weighted by atomic mass is 19.1. The van der Waals surface area contributed by atoms with Gasteiger partial charge in [0.15, 0.2) is 11.5 Å². The second-order valence-electron chi connectivity index (χ2n) is 8.02. The van der Waals surface area contributed by atoms with Gasteiger partial charge in [-0.2, -0.15) is 0 Å². The van der Waals surface area contributed by atoms with Gasteiger partial charge in [0.2, 0.25) is 0 Å². The fraction of sp³-hybridized carbons (Fsp3) is 0.172. The van der Waals surface area contributed by atoms with Crippen LogP contribution in [-0.2, 0) is 14.3 Å². The lowest BCUT2D eigenvalue weighted by Crippen LogP contribution is -2.12. The van der Waals surface area contributed by atoms with Crippen LogP contribution in [-0.4, -0.2) is 32.3 Å². The molecule has 0 aliphatic rings. The number of benzene rings is 3.